The summed E-state index contributed by atoms with van der Waals surface area (Å²) in [7, 11) is 0. The summed E-state index contributed by atoms with van der Waals surface area (Å²) in [6.07, 6.45) is 3.86. The summed E-state index contributed by atoms with van der Waals surface area (Å²) < 4.78 is 0. The summed E-state index contributed by atoms with van der Waals surface area (Å²) in [5.41, 5.74) is 3.63. The molecule has 1 unspecified atom stereocenters. The van der Waals surface area contributed by atoms with Crippen LogP contribution in [0.5, 0.6) is 0 Å². The fraction of sp³-hybridized carbons (Fsp3) is 0.312. The molecular weight excluding hydrogens is 266 g/mol. The van der Waals surface area contributed by atoms with E-state index in [0.29, 0.717) is 6.04 Å². The molecule has 3 aromatic rings. The number of pyridine rings is 1. The average Bonchev–Trinajstić information content (AvgIpc) is 2.99. The molecule has 0 saturated heterocycles. The van der Waals surface area contributed by atoms with Gasteiger partial charge < -0.3 is 10.3 Å². The maximum atomic E-state index is 4.32. The van der Waals surface area contributed by atoms with Crippen LogP contribution in [0.4, 0.5) is 0 Å². The molecule has 20 heavy (non-hydrogen) atoms. The van der Waals surface area contributed by atoms with Crippen LogP contribution in [0.2, 0.25) is 0 Å². The second-order valence-corrected chi connectivity index (χ2v) is 6.65. The van der Waals surface area contributed by atoms with Crippen LogP contribution in [-0.2, 0) is 6.54 Å². The number of hydrogen-bond acceptors (Lipinski definition) is 3. The highest BCUT2D eigenvalue weighted by atomic mass is 32.1. The Morgan fingerprint density at radius 2 is 2.25 bits per heavy atom. The molecule has 0 aliphatic carbocycles. The average molecular weight is 285 g/mol. The third-order valence-electron chi connectivity index (χ3n) is 3.68. The molecule has 2 N–H and O–H groups in total. The molecule has 3 rings (SSSR count). The van der Waals surface area contributed by atoms with Gasteiger partial charge in [-0.1, -0.05) is 0 Å². The van der Waals surface area contributed by atoms with Crippen LogP contribution in [0.15, 0.2) is 30.6 Å². The minimum atomic E-state index is 0.363. The van der Waals surface area contributed by atoms with Crippen molar-refractivity contribution in [2.75, 3.05) is 0 Å². The van der Waals surface area contributed by atoms with Crippen LogP contribution >= 0.6 is 11.3 Å². The number of nitrogens with zero attached hydrogens (tertiary/aromatic N) is 1. The number of rotatable bonds is 4. The van der Waals surface area contributed by atoms with Crippen molar-refractivity contribution in [1.82, 2.24) is 15.3 Å². The molecule has 104 valence electrons. The van der Waals surface area contributed by atoms with Gasteiger partial charge in [-0.2, -0.15) is 0 Å². The summed E-state index contributed by atoms with van der Waals surface area (Å²) >= 11 is 1.87. The van der Waals surface area contributed by atoms with Crippen LogP contribution in [0.3, 0.4) is 0 Å². The first kappa shape index (κ1) is 13.3. The second kappa shape index (κ2) is 5.38. The van der Waals surface area contributed by atoms with E-state index in [1.807, 2.05) is 29.8 Å². The SMILES string of the molecule is Cc1cc(C(C)NCc2c[nH]c3ncccc23)c(C)s1. The van der Waals surface area contributed by atoms with E-state index in [-0.39, 0.29) is 0 Å². The van der Waals surface area contributed by atoms with Crippen LogP contribution in [0.1, 0.15) is 33.8 Å². The Kier molecular flexibility index (Phi) is 3.59. The standard InChI is InChI=1S/C16H19N3S/c1-10-7-15(12(3)20-10)11(2)18-8-13-9-19-16-14(13)5-4-6-17-16/h4-7,9,11,18H,8H2,1-3H3,(H,17,19). The number of aromatic amines is 1. The quantitative estimate of drug-likeness (QED) is 0.758. The van der Waals surface area contributed by atoms with Gasteiger partial charge in [0.15, 0.2) is 0 Å². The molecule has 0 aliphatic heterocycles. The zero-order chi connectivity index (χ0) is 14.1. The Bertz CT molecular complexity index is 726. The highest BCUT2D eigenvalue weighted by Gasteiger charge is 2.11. The van der Waals surface area contributed by atoms with Crippen LogP contribution in [-0.4, -0.2) is 9.97 Å². The van der Waals surface area contributed by atoms with Crippen molar-refractivity contribution in [1.29, 1.82) is 0 Å². The normalized spacial score (nSPS) is 12.9. The van der Waals surface area contributed by atoms with Crippen LogP contribution in [0.25, 0.3) is 11.0 Å². The molecule has 0 saturated carbocycles. The van der Waals surface area contributed by atoms with Gasteiger partial charge in [-0.3, -0.25) is 0 Å². The van der Waals surface area contributed by atoms with Crippen LogP contribution in [0, 0.1) is 13.8 Å². The topological polar surface area (TPSA) is 40.7 Å². The molecule has 0 amide bonds. The third kappa shape index (κ3) is 2.49. The molecule has 4 heteroatoms. The van der Waals surface area contributed by atoms with Crippen molar-refractivity contribution in [2.45, 2.75) is 33.4 Å². The Hall–Kier alpha value is -1.65. The van der Waals surface area contributed by atoms with Gasteiger partial charge in [0.25, 0.3) is 0 Å². The largest absolute Gasteiger partial charge is 0.346 e. The summed E-state index contributed by atoms with van der Waals surface area (Å²) in [6, 6.07) is 6.74. The molecule has 0 fully saturated rings. The van der Waals surface area contributed by atoms with E-state index in [9.17, 15) is 0 Å². The zero-order valence-electron chi connectivity index (χ0n) is 12.0. The van der Waals surface area contributed by atoms with Crippen molar-refractivity contribution in [3.63, 3.8) is 0 Å². The highest BCUT2D eigenvalue weighted by Crippen LogP contribution is 2.26. The Morgan fingerprint density at radius 1 is 1.40 bits per heavy atom. The van der Waals surface area contributed by atoms with Gasteiger partial charge in [-0.05, 0) is 50.1 Å². The van der Waals surface area contributed by atoms with Crippen molar-refractivity contribution in [2.24, 2.45) is 0 Å². The zero-order valence-corrected chi connectivity index (χ0v) is 12.8. The van der Waals surface area contributed by atoms with Crippen molar-refractivity contribution < 1.29 is 0 Å². The summed E-state index contributed by atoms with van der Waals surface area (Å²) in [5.74, 6) is 0. The molecule has 0 bridgehead atoms. The summed E-state index contributed by atoms with van der Waals surface area (Å²) in [4.78, 5) is 10.3. The van der Waals surface area contributed by atoms with E-state index in [1.54, 1.807) is 0 Å². The number of thiophene rings is 1. The fourth-order valence-corrected chi connectivity index (χ4v) is 3.63. The van der Waals surface area contributed by atoms with Crippen molar-refractivity contribution in [3.8, 4) is 0 Å². The molecule has 1 atom stereocenters. The maximum Gasteiger partial charge on any atom is 0.137 e. The molecular formula is C16H19N3S. The van der Waals surface area contributed by atoms with Gasteiger partial charge in [0, 0.05) is 40.1 Å². The highest BCUT2D eigenvalue weighted by molar-refractivity contribution is 7.12. The van der Waals surface area contributed by atoms with Gasteiger partial charge in [0.05, 0.1) is 0 Å². The van der Waals surface area contributed by atoms with E-state index in [2.05, 4.69) is 48.2 Å². The number of hydrogen-bond donors (Lipinski definition) is 2. The predicted octanol–water partition coefficient (Wildman–Crippen LogP) is 4.09. The van der Waals surface area contributed by atoms with Gasteiger partial charge in [-0.25, -0.2) is 4.98 Å². The van der Waals surface area contributed by atoms with Gasteiger partial charge in [0.1, 0.15) is 5.65 Å². The van der Waals surface area contributed by atoms with E-state index in [1.165, 1.54) is 26.3 Å². The number of aryl methyl sites for hydroxylation is 2. The van der Waals surface area contributed by atoms with E-state index < -0.39 is 0 Å². The van der Waals surface area contributed by atoms with Gasteiger partial charge in [0.2, 0.25) is 0 Å². The molecule has 3 heterocycles. The Balaban J connectivity index is 1.74. The monoisotopic (exact) mass is 285 g/mol. The predicted molar refractivity (Wildman–Crippen MR) is 85.1 cm³/mol. The first-order valence-electron chi connectivity index (χ1n) is 6.86. The minimum Gasteiger partial charge on any atom is -0.346 e. The first-order valence-corrected chi connectivity index (χ1v) is 7.68. The first-order chi connectivity index (χ1) is 9.65. The van der Waals surface area contributed by atoms with Gasteiger partial charge in [-0.15, -0.1) is 11.3 Å². The lowest BCUT2D eigenvalue weighted by Gasteiger charge is -2.13. The van der Waals surface area contributed by atoms with E-state index in [0.717, 1.165) is 12.2 Å². The van der Waals surface area contributed by atoms with Crippen LogP contribution < -0.4 is 5.32 Å². The second-order valence-electron chi connectivity index (χ2n) is 5.18. The molecule has 0 spiro atoms. The minimum absolute atomic E-state index is 0.363. The smallest absolute Gasteiger partial charge is 0.137 e. The lowest BCUT2D eigenvalue weighted by Crippen LogP contribution is -2.18. The van der Waals surface area contributed by atoms with Gasteiger partial charge >= 0.3 is 0 Å². The number of aromatic nitrogens is 2. The van der Waals surface area contributed by atoms with Crippen molar-refractivity contribution in [3.05, 3.63) is 51.5 Å². The molecule has 0 aliphatic rings. The Morgan fingerprint density at radius 3 is 3.00 bits per heavy atom. The molecule has 3 nitrogen and oxygen atoms in total. The summed E-state index contributed by atoms with van der Waals surface area (Å²) in [6.45, 7) is 7.43. The van der Waals surface area contributed by atoms with E-state index in [4.69, 9.17) is 0 Å². The fourth-order valence-electron chi connectivity index (χ4n) is 2.61. The lowest BCUT2D eigenvalue weighted by molar-refractivity contribution is 0.575. The number of H-pyrrole nitrogens is 1. The summed E-state index contributed by atoms with van der Waals surface area (Å²) in [5, 5.41) is 4.81. The third-order valence-corrected chi connectivity index (χ3v) is 4.66. The van der Waals surface area contributed by atoms with Crippen molar-refractivity contribution >= 4 is 22.4 Å². The Labute approximate surface area is 123 Å². The number of nitrogens with one attached hydrogen (secondary N) is 2. The molecule has 3 aromatic heterocycles. The lowest BCUT2D eigenvalue weighted by atomic mass is 10.1. The molecule has 0 aromatic carbocycles. The van der Waals surface area contributed by atoms with E-state index >= 15 is 0 Å². The molecule has 0 radical (unpaired) electrons. The number of fused-ring (bicyclic) bond motifs is 1. The maximum absolute atomic E-state index is 4.32.